The lowest BCUT2D eigenvalue weighted by Gasteiger charge is -2.18. The molecule has 150 valence electrons. The maximum absolute atomic E-state index is 13.9. The van der Waals surface area contributed by atoms with E-state index in [1.54, 1.807) is 18.4 Å². The van der Waals surface area contributed by atoms with Gasteiger partial charge in [-0.05, 0) is 26.0 Å². The summed E-state index contributed by atoms with van der Waals surface area (Å²) in [6, 6.07) is 6.98. The van der Waals surface area contributed by atoms with E-state index in [1.165, 1.54) is 30.5 Å². The molecule has 3 aromatic heterocycles. The number of anilines is 2. The monoisotopic (exact) mass is 406 g/mol. The van der Waals surface area contributed by atoms with Crippen LogP contribution in [-0.4, -0.2) is 24.5 Å². The van der Waals surface area contributed by atoms with Gasteiger partial charge in [-0.3, -0.25) is 9.55 Å². The van der Waals surface area contributed by atoms with Crippen molar-refractivity contribution in [1.82, 2.24) is 24.5 Å². The van der Waals surface area contributed by atoms with Gasteiger partial charge in [0.25, 0.3) is 0 Å². The molecule has 0 aliphatic carbocycles. The van der Waals surface area contributed by atoms with Crippen LogP contribution in [0.3, 0.4) is 0 Å². The molecule has 1 aromatic carbocycles. The fourth-order valence-electron chi connectivity index (χ4n) is 3.25. The Labute approximate surface area is 170 Å². The number of aromatic nitrogens is 5. The lowest BCUT2D eigenvalue weighted by atomic mass is 10.2. The van der Waals surface area contributed by atoms with Crippen LogP contribution in [0.1, 0.15) is 30.0 Å². The van der Waals surface area contributed by atoms with Gasteiger partial charge >= 0.3 is 0 Å². The zero-order chi connectivity index (χ0) is 21.4. The topological polar surface area (TPSA) is 118 Å². The molecule has 0 saturated heterocycles. The molecule has 0 fully saturated rings. The first-order valence-electron chi connectivity index (χ1n) is 8.97. The number of benzene rings is 1. The Hall–Kier alpha value is -4.13. The third kappa shape index (κ3) is 3.37. The minimum absolute atomic E-state index is 0.0195. The van der Waals surface area contributed by atoms with Crippen LogP contribution in [0.25, 0.3) is 16.7 Å². The molecule has 10 heteroatoms. The van der Waals surface area contributed by atoms with Crippen LogP contribution in [0.15, 0.2) is 36.7 Å². The summed E-state index contributed by atoms with van der Waals surface area (Å²) >= 11 is 0. The molecule has 4 rings (SSSR count). The number of nitrogens with zero attached hydrogens (tertiary/aromatic N) is 6. The summed E-state index contributed by atoms with van der Waals surface area (Å²) in [4.78, 5) is 16.6. The van der Waals surface area contributed by atoms with E-state index in [9.17, 15) is 14.0 Å². The van der Waals surface area contributed by atoms with E-state index in [4.69, 9.17) is 5.73 Å². The molecule has 8 nitrogen and oxygen atoms in total. The summed E-state index contributed by atoms with van der Waals surface area (Å²) in [5.41, 5.74) is 7.76. The standard InChI is InChI=1S/C20H16F2N8/c1-10-15(7-23)18(29-20(24)27-10)26-11(2)19-28-16-4-3-12(21)6-17(16)30(19)14-5-13(22)8-25-9-14/h3-6,8-9,11H,1-2H3,(H3,24,26,27,29)/t11-/m0/s1. The number of imidazole rings is 1. The minimum Gasteiger partial charge on any atom is -0.368 e. The number of halogens is 2. The molecule has 0 aliphatic rings. The summed E-state index contributed by atoms with van der Waals surface area (Å²) < 4.78 is 29.4. The number of pyridine rings is 1. The number of aryl methyl sites for hydroxylation is 1. The molecule has 3 N–H and O–H groups in total. The summed E-state index contributed by atoms with van der Waals surface area (Å²) in [6.45, 7) is 3.44. The molecule has 30 heavy (non-hydrogen) atoms. The molecule has 0 spiro atoms. The van der Waals surface area contributed by atoms with Crippen LogP contribution in [0.4, 0.5) is 20.5 Å². The molecular formula is C20H16F2N8. The second-order valence-corrected chi connectivity index (χ2v) is 6.67. The lowest BCUT2D eigenvalue weighted by molar-refractivity contribution is 0.619. The Balaban J connectivity index is 1.87. The Bertz CT molecular complexity index is 1310. The van der Waals surface area contributed by atoms with Gasteiger partial charge in [-0.1, -0.05) is 0 Å². The SMILES string of the molecule is Cc1nc(N)nc(N[C@@H](C)c2nc3ccc(F)cc3n2-c2cncc(F)c2)c1C#N. The smallest absolute Gasteiger partial charge is 0.222 e. The lowest BCUT2D eigenvalue weighted by Crippen LogP contribution is -2.16. The van der Waals surface area contributed by atoms with Crippen LogP contribution in [0, 0.1) is 29.9 Å². The van der Waals surface area contributed by atoms with E-state index in [2.05, 4.69) is 31.3 Å². The van der Waals surface area contributed by atoms with Crippen molar-refractivity contribution in [3.05, 3.63) is 65.4 Å². The predicted octanol–water partition coefficient (Wildman–Crippen LogP) is 3.42. The second kappa shape index (κ2) is 7.36. The number of nitrogens with two attached hydrogens (primary N) is 1. The quantitative estimate of drug-likeness (QED) is 0.533. The van der Waals surface area contributed by atoms with E-state index in [-0.39, 0.29) is 17.3 Å². The van der Waals surface area contributed by atoms with Gasteiger partial charge in [0, 0.05) is 12.1 Å². The molecule has 0 radical (unpaired) electrons. The highest BCUT2D eigenvalue weighted by atomic mass is 19.1. The Morgan fingerprint density at radius 3 is 2.67 bits per heavy atom. The highest BCUT2D eigenvalue weighted by Crippen LogP contribution is 2.29. The number of rotatable bonds is 4. The third-order valence-corrected chi connectivity index (χ3v) is 4.55. The molecule has 0 aliphatic heterocycles. The second-order valence-electron chi connectivity index (χ2n) is 6.67. The molecule has 1 atom stereocenters. The van der Waals surface area contributed by atoms with Gasteiger partial charge in [-0.2, -0.15) is 10.2 Å². The normalized spacial score (nSPS) is 12.0. The van der Waals surface area contributed by atoms with Crippen LogP contribution < -0.4 is 11.1 Å². The Morgan fingerprint density at radius 2 is 1.93 bits per heavy atom. The van der Waals surface area contributed by atoms with Gasteiger partial charge < -0.3 is 11.1 Å². The summed E-state index contributed by atoms with van der Waals surface area (Å²) in [5.74, 6) is -0.278. The zero-order valence-corrected chi connectivity index (χ0v) is 16.1. The summed E-state index contributed by atoms with van der Waals surface area (Å²) in [6.07, 6.45) is 2.54. The van der Waals surface area contributed by atoms with E-state index in [0.29, 0.717) is 28.2 Å². The first kappa shape index (κ1) is 19.2. The van der Waals surface area contributed by atoms with Gasteiger partial charge in [0.1, 0.15) is 34.9 Å². The average Bonchev–Trinajstić information content (AvgIpc) is 3.06. The zero-order valence-electron chi connectivity index (χ0n) is 16.1. The van der Waals surface area contributed by atoms with Crippen molar-refractivity contribution in [3.8, 4) is 11.8 Å². The molecule has 3 heterocycles. The van der Waals surface area contributed by atoms with Gasteiger partial charge in [0.2, 0.25) is 5.95 Å². The molecular weight excluding hydrogens is 390 g/mol. The van der Waals surface area contributed by atoms with Crippen molar-refractivity contribution in [2.75, 3.05) is 11.1 Å². The number of nitrogen functional groups attached to an aromatic ring is 1. The summed E-state index contributed by atoms with van der Waals surface area (Å²) in [7, 11) is 0. The van der Waals surface area contributed by atoms with Gasteiger partial charge in [0.05, 0.1) is 40.9 Å². The fraction of sp³-hybridized carbons (Fsp3) is 0.150. The number of hydrogen-bond donors (Lipinski definition) is 2. The third-order valence-electron chi connectivity index (χ3n) is 4.55. The van der Waals surface area contributed by atoms with E-state index < -0.39 is 17.7 Å². The van der Waals surface area contributed by atoms with Crippen molar-refractivity contribution in [2.45, 2.75) is 19.9 Å². The maximum Gasteiger partial charge on any atom is 0.222 e. The molecule has 0 bridgehead atoms. The number of nitriles is 1. The van der Waals surface area contributed by atoms with E-state index in [1.807, 2.05) is 0 Å². The van der Waals surface area contributed by atoms with Crippen molar-refractivity contribution in [1.29, 1.82) is 5.26 Å². The largest absolute Gasteiger partial charge is 0.368 e. The predicted molar refractivity (Wildman–Crippen MR) is 107 cm³/mol. The first-order valence-corrected chi connectivity index (χ1v) is 8.97. The minimum atomic E-state index is -0.539. The highest BCUT2D eigenvalue weighted by Gasteiger charge is 2.21. The Kier molecular flexibility index (Phi) is 4.71. The molecule has 4 aromatic rings. The summed E-state index contributed by atoms with van der Waals surface area (Å²) in [5, 5.41) is 12.6. The van der Waals surface area contributed by atoms with Crippen LogP contribution in [0.2, 0.25) is 0 Å². The highest BCUT2D eigenvalue weighted by molar-refractivity contribution is 5.78. The van der Waals surface area contributed by atoms with Crippen molar-refractivity contribution >= 4 is 22.8 Å². The van der Waals surface area contributed by atoms with Gasteiger partial charge in [-0.25, -0.2) is 18.7 Å². The molecule has 0 amide bonds. The fourth-order valence-corrected chi connectivity index (χ4v) is 3.25. The first-order chi connectivity index (χ1) is 14.4. The van der Waals surface area contributed by atoms with E-state index >= 15 is 0 Å². The number of fused-ring (bicyclic) bond motifs is 1. The van der Waals surface area contributed by atoms with Crippen LogP contribution in [0.5, 0.6) is 0 Å². The van der Waals surface area contributed by atoms with Crippen LogP contribution in [-0.2, 0) is 0 Å². The van der Waals surface area contributed by atoms with Crippen molar-refractivity contribution in [3.63, 3.8) is 0 Å². The average molecular weight is 406 g/mol. The van der Waals surface area contributed by atoms with Crippen molar-refractivity contribution < 1.29 is 8.78 Å². The van der Waals surface area contributed by atoms with Gasteiger partial charge in [0.15, 0.2) is 0 Å². The van der Waals surface area contributed by atoms with Crippen molar-refractivity contribution in [2.24, 2.45) is 0 Å². The molecule has 0 saturated carbocycles. The maximum atomic E-state index is 13.9. The Morgan fingerprint density at radius 1 is 1.13 bits per heavy atom. The number of nitrogens with one attached hydrogen (secondary N) is 1. The number of hydrogen-bond acceptors (Lipinski definition) is 7. The van der Waals surface area contributed by atoms with Gasteiger partial charge in [-0.15, -0.1) is 0 Å². The van der Waals surface area contributed by atoms with Crippen LogP contribution >= 0.6 is 0 Å². The van der Waals surface area contributed by atoms with E-state index in [0.717, 1.165) is 6.20 Å². The molecule has 0 unspecified atom stereocenters.